The second-order valence-corrected chi connectivity index (χ2v) is 5.31. The molecule has 0 radical (unpaired) electrons. The van der Waals surface area contributed by atoms with E-state index in [-0.39, 0.29) is 5.91 Å². The van der Waals surface area contributed by atoms with Crippen molar-refractivity contribution in [2.24, 2.45) is 0 Å². The number of carbonyl (C=O) groups excluding carboxylic acids is 1. The number of nitrogens with zero attached hydrogens (tertiary/aromatic N) is 2. The predicted molar refractivity (Wildman–Crippen MR) is 79.6 cm³/mol. The zero-order valence-electron chi connectivity index (χ0n) is 11.4. The second-order valence-electron chi connectivity index (χ2n) is 4.35. The molecule has 1 amide bonds. The van der Waals surface area contributed by atoms with Gasteiger partial charge in [-0.1, -0.05) is 43.3 Å². The van der Waals surface area contributed by atoms with Gasteiger partial charge >= 0.3 is 0 Å². The summed E-state index contributed by atoms with van der Waals surface area (Å²) >= 11 is 1.53. The number of amides is 1. The molecule has 1 heterocycles. The molecule has 106 valence electrons. The largest absolute Gasteiger partial charge is 0.352 e. The normalized spacial score (nSPS) is 10.4. The molecule has 20 heavy (non-hydrogen) atoms. The van der Waals surface area contributed by atoms with E-state index in [2.05, 4.69) is 27.4 Å². The Kier molecular flexibility index (Phi) is 5.61. The summed E-state index contributed by atoms with van der Waals surface area (Å²) in [5.74, 6) is 0.680. The molecular weight excluding hydrogens is 272 g/mol. The highest BCUT2D eigenvalue weighted by molar-refractivity contribution is 7.98. The lowest BCUT2D eigenvalue weighted by atomic mass is 10.1. The van der Waals surface area contributed by atoms with Crippen LogP contribution in [0.2, 0.25) is 0 Å². The topological polar surface area (TPSA) is 70.7 Å². The molecule has 0 atom stereocenters. The molecular formula is C14H18N4OS. The minimum Gasteiger partial charge on any atom is -0.352 e. The van der Waals surface area contributed by atoms with E-state index in [1.54, 1.807) is 0 Å². The molecule has 0 aliphatic rings. The first-order chi connectivity index (χ1) is 9.81. The van der Waals surface area contributed by atoms with E-state index in [1.807, 2.05) is 24.3 Å². The maximum absolute atomic E-state index is 12.1. The maximum atomic E-state index is 12.1. The van der Waals surface area contributed by atoms with E-state index >= 15 is 0 Å². The predicted octanol–water partition coefficient (Wildman–Crippen LogP) is 2.63. The monoisotopic (exact) mass is 290 g/mol. The molecule has 0 unspecified atom stereocenters. The number of carbonyl (C=O) groups is 1. The summed E-state index contributed by atoms with van der Waals surface area (Å²) in [6.45, 7) is 2.83. The van der Waals surface area contributed by atoms with Crippen molar-refractivity contribution in [3.63, 3.8) is 0 Å². The zero-order valence-corrected chi connectivity index (χ0v) is 12.2. The molecule has 0 saturated heterocycles. The van der Waals surface area contributed by atoms with Gasteiger partial charge in [-0.15, -0.1) is 0 Å². The zero-order chi connectivity index (χ0) is 14.2. The van der Waals surface area contributed by atoms with Gasteiger partial charge in [-0.2, -0.15) is 5.10 Å². The first-order valence-corrected chi connectivity index (χ1v) is 7.64. The lowest BCUT2D eigenvalue weighted by molar-refractivity contribution is 0.0952. The second kappa shape index (κ2) is 7.69. The first-order valence-electron chi connectivity index (χ1n) is 6.65. The molecule has 1 aromatic carbocycles. The van der Waals surface area contributed by atoms with Crippen LogP contribution in [-0.2, 0) is 5.75 Å². The van der Waals surface area contributed by atoms with Crippen LogP contribution in [0.1, 0.15) is 35.7 Å². The Morgan fingerprint density at radius 2 is 2.25 bits per heavy atom. The lowest BCUT2D eigenvalue weighted by Gasteiger charge is -2.09. The molecule has 2 aromatic rings. The van der Waals surface area contributed by atoms with Crippen molar-refractivity contribution in [2.75, 3.05) is 6.54 Å². The number of aromatic nitrogens is 3. The first kappa shape index (κ1) is 14.6. The Hall–Kier alpha value is -1.82. The highest BCUT2D eigenvalue weighted by atomic mass is 32.2. The number of nitrogens with one attached hydrogen (secondary N) is 2. The van der Waals surface area contributed by atoms with Gasteiger partial charge in [0, 0.05) is 17.9 Å². The standard InChI is InChI=1S/C14H18N4OS/c1-2-3-8-15-13(19)12-7-5-4-6-11(12)9-20-14-16-10-17-18-14/h4-7,10H,2-3,8-9H2,1H3,(H,15,19)(H,16,17,18). The highest BCUT2D eigenvalue weighted by Crippen LogP contribution is 2.21. The molecule has 0 spiro atoms. The molecule has 0 aliphatic carbocycles. The van der Waals surface area contributed by atoms with Gasteiger partial charge in [0.2, 0.25) is 0 Å². The molecule has 0 fully saturated rings. The fourth-order valence-corrected chi connectivity index (χ4v) is 2.53. The van der Waals surface area contributed by atoms with Crippen molar-refractivity contribution in [1.82, 2.24) is 20.5 Å². The van der Waals surface area contributed by atoms with Gasteiger partial charge in [0.25, 0.3) is 5.91 Å². The van der Waals surface area contributed by atoms with Gasteiger partial charge in [0.1, 0.15) is 6.33 Å². The van der Waals surface area contributed by atoms with Crippen LogP contribution in [0.3, 0.4) is 0 Å². The van der Waals surface area contributed by atoms with Crippen LogP contribution in [0.4, 0.5) is 0 Å². The average molecular weight is 290 g/mol. The molecule has 0 aliphatic heterocycles. The summed E-state index contributed by atoms with van der Waals surface area (Å²) in [5.41, 5.74) is 1.73. The number of hydrogen-bond acceptors (Lipinski definition) is 4. The quantitative estimate of drug-likeness (QED) is 0.607. The number of unbranched alkanes of at least 4 members (excludes halogenated alkanes) is 1. The van der Waals surface area contributed by atoms with Crippen LogP contribution in [0.15, 0.2) is 35.7 Å². The Morgan fingerprint density at radius 3 is 3.00 bits per heavy atom. The van der Waals surface area contributed by atoms with Crippen molar-refractivity contribution in [2.45, 2.75) is 30.7 Å². The minimum absolute atomic E-state index is 0.00720. The van der Waals surface area contributed by atoms with Crippen molar-refractivity contribution in [1.29, 1.82) is 0 Å². The fourth-order valence-electron chi connectivity index (χ4n) is 1.75. The third kappa shape index (κ3) is 4.09. The van der Waals surface area contributed by atoms with Crippen LogP contribution >= 0.6 is 11.8 Å². The number of thioether (sulfide) groups is 1. The van der Waals surface area contributed by atoms with Gasteiger partial charge in [0.15, 0.2) is 5.16 Å². The van der Waals surface area contributed by atoms with Gasteiger partial charge in [-0.25, -0.2) is 4.98 Å². The molecule has 0 bridgehead atoms. The maximum Gasteiger partial charge on any atom is 0.251 e. The summed E-state index contributed by atoms with van der Waals surface area (Å²) in [5, 5.41) is 10.3. The molecule has 2 N–H and O–H groups in total. The number of H-pyrrole nitrogens is 1. The van der Waals surface area contributed by atoms with E-state index in [4.69, 9.17) is 0 Å². The number of hydrogen-bond donors (Lipinski definition) is 2. The van der Waals surface area contributed by atoms with Crippen LogP contribution < -0.4 is 5.32 Å². The SMILES string of the molecule is CCCCNC(=O)c1ccccc1CSc1ncn[nH]1. The van der Waals surface area contributed by atoms with Crippen LogP contribution in [0, 0.1) is 0 Å². The average Bonchev–Trinajstić information content (AvgIpc) is 2.99. The lowest BCUT2D eigenvalue weighted by Crippen LogP contribution is -2.25. The smallest absolute Gasteiger partial charge is 0.251 e. The Bertz CT molecular complexity index is 542. The van der Waals surface area contributed by atoms with Crippen LogP contribution in [-0.4, -0.2) is 27.6 Å². The Morgan fingerprint density at radius 1 is 1.40 bits per heavy atom. The van der Waals surface area contributed by atoms with Gasteiger partial charge in [-0.3, -0.25) is 9.89 Å². The summed E-state index contributed by atoms with van der Waals surface area (Å²) in [6.07, 6.45) is 3.55. The van der Waals surface area contributed by atoms with E-state index in [1.165, 1.54) is 18.1 Å². The summed E-state index contributed by atoms with van der Waals surface area (Å²) in [6, 6.07) is 7.66. The summed E-state index contributed by atoms with van der Waals surface area (Å²) in [7, 11) is 0. The van der Waals surface area contributed by atoms with Gasteiger partial charge in [-0.05, 0) is 18.1 Å². The molecule has 2 rings (SSSR count). The fraction of sp³-hybridized carbons (Fsp3) is 0.357. The van der Waals surface area contributed by atoms with E-state index in [0.717, 1.165) is 35.7 Å². The van der Waals surface area contributed by atoms with Crippen molar-refractivity contribution < 1.29 is 4.79 Å². The molecule has 5 nitrogen and oxygen atoms in total. The van der Waals surface area contributed by atoms with Crippen molar-refractivity contribution in [3.8, 4) is 0 Å². The minimum atomic E-state index is -0.00720. The molecule has 0 saturated carbocycles. The summed E-state index contributed by atoms with van der Waals surface area (Å²) < 4.78 is 0. The van der Waals surface area contributed by atoms with E-state index in [9.17, 15) is 4.79 Å². The number of benzene rings is 1. The van der Waals surface area contributed by atoms with Crippen molar-refractivity contribution in [3.05, 3.63) is 41.7 Å². The Balaban J connectivity index is 1.99. The Labute approximate surface area is 122 Å². The molecule has 1 aromatic heterocycles. The van der Waals surface area contributed by atoms with E-state index < -0.39 is 0 Å². The van der Waals surface area contributed by atoms with Crippen LogP contribution in [0.5, 0.6) is 0 Å². The third-order valence-electron chi connectivity index (χ3n) is 2.84. The number of rotatable bonds is 7. The highest BCUT2D eigenvalue weighted by Gasteiger charge is 2.10. The van der Waals surface area contributed by atoms with Crippen molar-refractivity contribution >= 4 is 17.7 Å². The summed E-state index contributed by atoms with van der Waals surface area (Å²) in [4.78, 5) is 16.2. The third-order valence-corrected chi connectivity index (χ3v) is 3.76. The van der Waals surface area contributed by atoms with E-state index in [0.29, 0.717) is 5.75 Å². The molecule has 6 heteroatoms. The van der Waals surface area contributed by atoms with Gasteiger partial charge < -0.3 is 5.32 Å². The number of aromatic amines is 1. The van der Waals surface area contributed by atoms with Crippen LogP contribution in [0.25, 0.3) is 0 Å². The van der Waals surface area contributed by atoms with Gasteiger partial charge in [0.05, 0.1) is 0 Å².